The SMILES string of the molecule is CNCCC#Cc1ccccc1C1(C(=O)O)CC1. The van der Waals surface area contributed by atoms with Gasteiger partial charge in [0.05, 0.1) is 5.41 Å². The number of nitrogens with one attached hydrogen (secondary N) is 1. The van der Waals surface area contributed by atoms with Crippen LogP contribution in [-0.4, -0.2) is 24.7 Å². The molecule has 1 fully saturated rings. The predicted molar refractivity (Wildman–Crippen MR) is 70.4 cm³/mol. The molecule has 3 heteroatoms. The Kier molecular flexibility index (Phi) is 3.69. The maximum Gasteiger partial charge on any atom is 0.314 e. The molecule has 0 atom stereocenters. The van der Waals surface area contributed by atoms with Crippen molar-refractivity contribution in [3.63, 3.8) is 0 Å². The lowest BCUT2D eigenvalue weighted by molar-refractivity contribution is -0.140. The normalized spacial score (nSPS) is 15.6. The van der Waals surface area contributed by atoms with E-state index >= 15 is 0 Å². The summed E-state index contributed by atoms with van der Waals surface area (Å²) in [5.74, 6) is 5.44. The highest BCUT2D eigenvalue weighted by atomic mass is 16.4. The highest BCUT2D eigenvalue weighted by Gasteiger charge is 2.52. The summed E-state index contributed by atoms with van der Waals surface area (Å²) < 4.78 is 0. The van der Waals surface area contributed by atoms with E-state index in [1.807, 2.05) is 31.3 Å². The second kappa shape index (κ2) is 5.24. The van der Waals surface area contributed by atoms with Crippen LogP contribution in [0.2, 0.25) is 0 Å². The topological polar surface area (TPSA) is 49.3 Å². The van der Waals surface area contributed by atoms with Crippen molar-refractivity contribution >= 4 is 5.97 Å². The zero-order valence-corrected chi connectivity index (χ0v) is 10.5. The summed E-state index contributed by atoms with van der Waals surface area (Å²) in [5, 5.41) is 12.4. The second-order valence-electron chi connectivity index (χ2n) is 4.59. The highest BCUT2D eigenvalue weighted by Crippen LogP contribution is 2.49. The number of carboxylic acids is 1. The Bertz CT molecular complexity index is 507. The lowest BCUT2D eigenvalue weighted by atomic mass is 9.91. The van der Waals surface area contributed by atoms with Gasteiger partial charge in [0.2, 0.25) is 0 Å². The monoisotopic (exact) mass is 243 g/mol. The van der Waals surface area contributed by atoms with Crippen LogP contribution in [0.4, 0.5) is 0 Å². The number of hydrogen-bond acceptors (Lipinski definition) is 2. The summed E-state index contributed by atoms with van der Waals surface area (Å²) in [5.41, 5.74) is 1.05. The minimum Gasteiger partial charge on any atom is -0.481 e. The molecule has 1 aliphatic rings. The molecule has 2 N–H and O–H groups in total. The van der Waals surface area contributed by atoms with Gasteiger partial charge in [0.15, 0.2) is 0 Å². The number of carbonyl (C=O) groups is 1. The highest BCUT2D eigenvalue weighted by molar-refractivity contribution is 5.86. The number of carboxylic acid groups (broad SMARTS) is 1. The first-order valence-corrected chi connectivity index (χ1v) is 6.17. The molecule has 0 saturated heterocycles. The zero-order chi connectivity index (χ0) is 13.0. The summed E-state index contributed by atoms with van der Waals surface area (Å²) in [6, 6.07) is 7.59. The van der Waals surface area contributed by atoms with Crippen LogP contribution in [0.25, 0.3) is 0 Å². The number of aliphatic carboxylic acids is 1. The molecule has 18 heavy (non-hydrogen) atoms. The molecular weight excluding hydrogens is 226 g/mol. The van der Waals surface area contributed by atoms with E-state index < -0.39 is 11.4 Å². The Labute approximate surface area is 107 Å². The molecule has 0 spiro atoms. The van der Waals surface area contributed by atoms with Crippen molar-refractivity contribution in [3.05, 3.63) is 35.4 Å². The summed E-state index contributed by atoms with van der Waals surface area (Å²) in [4.78, 5) is 11.4. The van der Waals surface area contributed by atoms with Crippen LogP contribution >= 0.6 is 0 Å². The Morgan fingerprint density at radius 2 is 2.17 bits per heavy atom. The van der Waals surface area contributed by atoms with Gasteiger partial charge in [-0.15, -0.1) is 0 Å². The maximum absolute atomic E-state index is 11.4. The molecule has 1 aromatic rings. The third-order valence-corrected chi connectivity index (χ3v) is 3.33. The molecule has 0 aliphatic heterocycles. The van der Waals surface area contributed by atoms with Crippen molar-refractivity contribution in [2.24, 2.45) is 0 Å². The van der Waals surface area contributed by atoms with Crippen molar-refractivity contribution in [1.29, 1.82) is 0 Å². The first kappa shape index (κ1) is 12.7. The van der Waals surface area contributed by atoms with Crippen LogP contribution in [0.3, 0.4) is 0 Å². The lowest BCUT2D eigenvalue weighted by Crippen LogP contribution is -2.20. The van der Waals surface area contributed by atoms with Gasteiger partial charge >= 0.3 is 5.97 Å². The van der Waals surface area contributed by atoms with Gasteiger partial charge in [-0.1, -0.05) is 30.0 Å². The first-order chi connectivity index (χ1) is 8.70. The van der Waals surface area contributed by atoms with Crippen LogP contribution in [-0.2, 0) is 10.2 Å². The Morgan fingerprint density at radius 1 is 1.44 bits per heavy atom. The van der Waals surface area contributed by atoms with Gasteiger partial charge < -0.3 is 10.4 Å². The smallest absolute Gasteiger partial charge is 0.314 e. The zero-order valence-electron chi connectivity index (χ0n) is 10.5. The quantitative estimate of drug-likeness (QED) is 0.626. The summed E-state index contributed by atoms with van der Waals surface area (Å²) >= 11 is 0. The first-order valence-electron chi connectivity index (χ1n) is 6.17. The predicted octanol–water partition coefficient (Wildman–Crippen LogP) is 1.76. The van der Waals surface area contributed by atoms with Gasteiger partial charge in [0.25, 0.3) is 0 Å². The molecule has 0 amide bonds. The van der Waals surface area contributed by atoms with E-state index in [2.05, 4.69) is 17.2 Å². The Morgan fingerprint density at radius 3 is 2.78 bits per heavy atom. The van der Waals surface area contributed by atoms with Gasteiger partial charge in [0.1, 0.15) is 0 Å². The van der Waals surface area contributed by atoms with Crippen molar-refractivity contribution in [3.8, 4) is 11.8 Å². The summed E-state index contributed by atoms with van der Waals surface area (Å²) in [7, 11) is 1.89. The fraction of sp³-hybridized carbons (Fsp3) is 0.400. The molecule has 0 bridgehead atoms. The Hall–Kier alpha value is -1.79. The molecule has 1 aromatic carbocycles. The van der Waals surface area contributed by atoms with Crippen molar-refractivity contribution in [2.45, 2.75) is 24.7 Å². The average Bonchev–Trinajstić information content (AvgIpc) is 3.16. The van der Waals surface area contributed by atoms with Crippen LogP contribution in [0.1, 0.15) is 30.4 Å². The van der Waals surface area contributed by atoms with E-state index in [-0.39, 0.29) is 0 Å². The molecule has 2 rings (SSSR count). The molecule has 0 radical (unpaired) electrons. The molecule has 94 valence electrons. The molecule has 0 heterocycles. The van der Waals surface area contributed by atoms with E-state index in [0.29, 0.717) is 0 Å². The minimum absolute atomic E-state index is 0.672. The minimum atomic E-state index is -0.730. The van der Waals surface area contributed by atoms with Gasteiger partial charge in [-0.3, -0.25) is 4.79 Å². The molecule has 1 aliphatic carbocycles. The van der Waals surface area contributed by atoms with Crippen molar-refractivity contribution in [1.82, 2.24) is 5.32 Å². The van der Waals surface area contributed by atoms with Crippen LogP contribution in [0, 0.1) is 11.8 Å². The second-order valence-corrected chi connectivity index (χ2v) is 4.59. The third-order valence-electron chi connectivity index (χ3n) is 3.33. The van der Waals surface area contributed by atoms with Crippen molar-refractivity contribution in [2.75, 3.05) is 13.6 Å². The van der Waals surface area contributed by atoms with E-state index in [0.717, 1.165) is 36.9 Å². The fourth-order valence-corrected chi connectivity index (χ4v) is 2.08. The van der Waals surface area contributed by atoms with Gasteiger partial charge in [0, 0.05) is 18.5 Å². The van der Waals surface area contributed by atoms with Gasteiger partial charge in [-0.25, -0.2) is 0 Å². The van der Waals surface area contributed by atoms with Gasteiger partial charge in [-0.2, -0.15) is 0 Å². The lowest BCUT2D eigenvalue weighted by Gasteiger charge is -2.12. The largest absolute Gasteiger partial charge is 0.481 e. The standard InChI is InChI=1S/C15H17NO2/c1-16-11-5-4-7-12-6-2-3-8-13(12)15(9-10-15)14(17)18/h2-3,6,8,16H,5,9-11H2,1H3,(H,17,18). The molecule has 3 nitrogen and oxygen atoms in total. The molecule has 1 saturated carbocycles. The fourth-order valence-electron chi connectivity index (χ4n) is 2.08. The van der Waals surface area contributed by atoms with Crippen LogP contribution in [0.15, 0.2) is 24.3 Å². The number of hydrogen-bond donors (Lipinski definition) is 2. The Balaban J connectivity index is 2.26. The third kappa shape index (κ3) is 2.39. The molecular formula is C15H17NO2. The summed E-state index contributed by atoms with van der Waals surface area (Å²) in [6.07, 6.45) is 2.21. The summed E-state index contributed by atoms with van der Waals surface area (Å²) in [6.45, 7) is 0.846. The number of benzene rings is 1. The van der Waals surface area contributed by atoms with E-state index in [4.69, 9.17) is 0 Å². The van der Waals surface area contributed by atoms with E-state index in [9.17, 15) is 9.90 Å². The maximum atomic E-state index is 11.4. The van der Waals surface area contributed by atoms with Crippen molar-refractivity contribution < 1.29 is 9.90 Å². The number of rotatable bonds is 4. The van der Waals surface area contributed by atoms with Gasteiger partial charge in [-0.05, 0) is 31.5 Å². The molecule has 0 unspecified atom stereocenters. The molecule has 0 aromatic heterocycles. The van der Waals surface area contributed by atoms with Crippen LogP contribution in [0.5, 0.6) is 0 Å². The van der Waals surface area contributed by atoms with Crippen LogP contribution < -0.4 is 5.32 Å². The average molecular weight is 243 g/mol. The van der Waals surface area contributed by atoms with E-state index in [1.54, 1.807) is 0 Å². The van der Waals surface area contributed by atoms with E-state index in [1.165, 1.54) is 0 Å².